The molecule has 2 N–H and O–H groups in total. The first kappa shape index (κ1) is 14.7. The molecule has 3 rings (SSSR count). The molecule has 6 heteroatoms. The quantitative estimate of drug-likeness (QED) is 0.891. The van der Waals surface area contributed by atoms with E-state index >= 15 is 0 Å². The van der Waals surface area contributed by atoms with Crippen LogP contribution in [0.4, 0.5) is 10.8 Å². The summed E-state index contributed by atoms with van der Waals surface area (Å²) in [6.07, 6.45) is 2.12. The molecule has 0 atom stereocenters. The lowest BCUT2D eigenvalue weighted by Gasteiger charge is -2.04. The highest BCUT2D eigenvalue weighted by atomic mass is 32.1. The van der Waals surface area contributed by atoms with Gasteiger partial charge in [-0.1, -0.05) is 17.7 Å². The number of hydrogen-bond donors (Lipinski definition) is 2. The maximum absolute atomic E-state index is 12.0. The number of aryl methyl sites for hydroxylation is 1. The molecule has 2 aromatic rings. The molecule has 114 valence electrons. The number of rotatable bonds is 5. The van der Waals surface area contributed by atoms with E-state index in [1.165, 1.54) is 11.3 Å². The summed E-state index contributed by atoms with van der Waals surface area (Å²) in [6, 6.07) is 7.64. The van der Waals surface area contributed by atoms with Gasteiger partial charge in [-0.2, -0.15) is 0 Å². The van der Waals surface area contributed by atoms with Crippen LogP contribution in [0.2, 0.25) is 0 Å². The predicted molar refractivity (Wildman–Crippen MR) is 87.0 cm³/mol. The SMILES string of the molecule is Cc1ccc(NC(=O)Cc2csc(NC(=O)C3CC3)n2)cc1. The van der Waals surface area contributed by atoms with Crippen LogP contribution in [0.3, 0.4) is 0 Å². The fourth-order valence-electron chi connectivity index (χ4n) is 2.01. The van der Waals surface area contributed by atoms with E-state index in [9.17, 15) is 9.59 Å². The largest absolute Gasteiger partial charge is 0.326 e. The van der Waals surface area contributed by atoms with Gasteiger partial charge in [0.25, 0.3) is 0 Å². The number of hydrogen-bond acceptors (Lipinski definition) is 4. The fraction of sp³-hybridized carbons (Fsp3) is 0.312. The lowest BCUT2D eigenvalue weighted by Crippen LogP contribution is -2.15. The number of aromatic nitrogens is 1. The van der Waals surface area contributed by atoms with Crippen molar-refractivity contribution < 1.29 is 9.59 Å². The third-order valence-electron chi connectivity index (χ3n) is 3.41. The zero-order valence-corrected chi connectivity index (χ0v) is 13.1. The van der Waals surface area contributed by atoms with Gasteiger partial charge in [-0.3, -0.25) is 9.59 Å². The number of nitrogens with zero attached hydrogens (tertiary/aromatic N) is 1. The minimum Gasteiger partial charge on any atom is -0.326 e. The molecule has 1 aromatic carbocycles. The highest BCUT2D eigenvalue weighted by Crippen LogP contribution is 2.30. The lowest BCUT2D eigenvalue weighted by atomic mass is 10.2. The van der Waals surface area contributed by atoms with Crippen molar-refractivity contribution in [3.63, 3.8) is 0 Å². The molecule has 1 aliphatic rings. The molecule has 0 aliphatic heterocycles. The topological polar surface area (TPSA) is 71.1 Å². The van der Waals surface area contributed by atoms with Gasteiger partial charge in [-0.05, 0) is 31.9 Å². The maximum atomic E-state index is 12.0. The molecule has 0 saturated heterocycles. The van der Waals surface area contributed by atoms with Crippen molar-refractivity contribution in [1.82, 2.24) is 4.98 Å². The Morgan fingerprint density at radius 2 is 1.95 bits per heavy atom. The minimum absolute atomic E-state index is 0.0324. The molecule has 1 fully saturated rings. The Labute approximate surface area is 132 Å². The van der Waals surface area contributed by atoms with Crippen molar-refractivity contribution in [3.8, 4) is 0 Å². The van der Waals surface area contributed by atoms with Gasteiger partial charge < -0.3 is 10.6 Å². The Hall–Kier alpha value is -2.21. The van der Waals surface area contributed by atoms with Crippen LogP contribution in [0.5, 0.6) is 0 Å². The number of nitrogens with one attached hydrogen (secondary N) is 2. The van der Waals surface area contributed by atoms with Crippen molar-refractivity contribution in [1.29, 1.82) is 0 Å². The summed E-state index contributed by atoms with van der Waals surface area (Å²) >= 11 is 1.35. The summed E-state index contributed by atoms with van der Waals surface area (Å²) < 4.78 is 0. The second kappa shape index (κ2) is 6.27. The Balaban J connectivity index is 1.53. The molecular formula is C16H17N3O2S. The Morgan fingerprint density at radius 3 is 2.64 bits per heavy atom. The lowest BCUT2D eigenvalue weighted by molar-refractivity contribution is -0.117. The van der Waals surface area contributed by atoms with Gasteiger partial charge in [0.15, 0.2) is 5.13 Å². The van der Waals surface area contributed by atoms with Crippen molar-refractivity contribution in [2.24, 2.45) is 5.92 Å². The first-order valence-corrected chi connectivity index (χ1v) is 8.10. The molecule has 2 amide bonds. The summed E-state index contributed by atoms with van der Waals surface area (Å²) in [6.45, 7) is 2.00. The summed E-state index contributed by atoms with van der Waals surface area (Å²) in [5.74, 6) is 0.0661. The first-order valence-electron chi connectivity index (χ1n) is 7.22. The minimum atomic E-state index is -0.116. The van der Waals surface area contributed by atoms with Crippen LogP contribution in [-0.4, -0.2) is 16.8 Å². The number of amides is 2. The highest BCUT2D eigenvalue weighted by Gasteiger charge is 2.30. The van der Waals surface area contributed by atoms with Gasteiger partial charge in [0.05, 0.1) is 12.1 Å². The average molecular weight is 315 g/mol. The van der Waals surface area contributed by atoms with Gasteiger partial charge in [-0.25, -0.2) is 4.98 Å². The maximum Gasteiger partial charge on any atom is 0.230 e. The standard InChI is InChI=1S/C16H17N3O2S/c1-10-2-6-12(7-3-10)17-14(20)8-13-9-22-16(18-13)19-15(21)11-4-5-11/h2-3,6-7,9,11H,4-5,8H2,1H3,(H,17,20)(H,18,19,21). The Morgan fingerprint density at radius 1 is 1.23 bits per heavy atom. The van der Waals surface area contributed by atoms with Crippen LogP contribution >= 0.6 is 11.3 Å². The summed E-state index contributed by atoms with van der Waals surface area (Å²) in [5, 5.41) is 7.99. The molecule has 0 unspecified atom stereocenters. The molecule has 0 spiro atoms. The summed E-state index contributed by atoms with van der Waals surface area (Å²) in [5.41, 5.74) is 2.59. The normalized spacial score (nSPS) is 13.7. The van der Waals surface area contributed by atoms with Crippen LogP contribution in [-0.2, 0) is 16.0 Å². The van der Waals surface area contributed by atoms with E-state index < -0.39 is 0 Å². The third kappa shape index (κ3) is 3.92. The van der Waals surface area contributed by atoms with Crippen molar-refractivity contribution >= 4 is 34.0 Å². The number of carbonyl (C=O) groups is 2. The average Bonchev–Trinajstić information content (AvgIpc) is 3.25. The second-order valence-corrected chi connectivity index (χ2v) is 6.36. The van der Waals surface area contributed by atoms with E-state index in [2.05, 4.69) is 15.6 Å². The molecule has 1 aliphatic carbocycles. The molecule has 1 heterocycles. The van der Waals surface area contributed by atoms with Crippen LogP contribution in [0.1, 0.15) is 24.1 Å². The van der Waals surface area contributed by atoms with Crippen molar-refractivity contribution in [2.75, 3.05) is 10.6 Å². The number of thiazole rings is 1. The second-order valence-electron chi connectivity index (χ2n) is 5.50. The van der Waals surface area contributed by atoms with Crippen LogP contribution in [0, 0.1) is 12.8 Å². The van der Waals surface area contributed by atoms with Crippen LogP contribution in [0.15, 0.2) is 29.6 Å². The van der Waals surface area contributed by atoms with Crippen molar-refractivity contribution in [3.05, 3.63) is 40.9 Å². The summed E-state index contributed by atoms with van der Waals surface area (Å²) in [4.78, 5) is 27.9. The molecule has 5 nitrogen and oxygen atoms in total. The predicted octanol–water partition coefficient (Wildman–Crippen LogP) is 2.98. The number of carbonyl (C=O) groups excluding carboxylic acids is 2. The molecule has 0 bridgehead atoms. The summed E-state index contributed by atoms with van der Waals surface area (Å²) in [7, 11) is 0. The first-order chi connectivity index (χ1) is 10.6. The number of anilines is 2. The van der Waals surface area contributed by atoms with E-state index in [-0.39, 0.29) is 24.2 Å². The zero-order valence-electron chi connectivity index (χ0n) is 12.3. The molecule has 0 radical (unpaired) electrons. The van der Waals surface area contributed by atoms with Crippen molar-refractivity contribution in [2.45, 2.75) is 26.2 Å². The highest BCUT2D eigenvalue weighted by molar-refractivity contribution is 7.13. The van der Waals surface area contributed by atoms with E-state index in [0.717, 1.165) is 24.1 Å². The van der Waals surface area contributed by atoms with Gasteiger partial charge in [0.2, 0.25) is 11.8 Å². The molecule has 1 aromatic heterocycles. The van der Waals surface area contributed by atoms with Gasteiger partial charge in [-0.15, -0.1) is 11.3 Å². The molecular weight excluding hydrogens is 298 g/mol. The third-order valence-corrected chi connectivity index (χ3v) is 4.21. The smallest absolute Gasteiger partial charge is 0.230 e. The number of benzene rings is 1. The zero-order chi connectivity index (χ0) is 15.5. The Bertz CT molecular complexity index is 690. The van der Waals surface area contributed by atoms with E-state index in [1.807, 2.05) is 31.2 Å². The molecule has 1 saturated carbocycles. The van der Waals surface area contributed by atoms with Gasteiger partial charge >= 0.3 is 0 Å². The Kier molecular flexibility index (Phi) is 4.20. The monoisotopic (exact) mass is 315 g/mol. The van der Waals surface area contributed by atoms with Gasteiger partial charge in [0, 0.05) is 17.0 Å². The van der Waals surface area contributed by atoms with Gasteiger partial charge in [0.1, 0.15) is 0 Å². The molecule has 22 heavy (non-hydrogen) atoms. The van der Waals surface area contributed by atoms with Crippen LogP contribution in [0.25, 0.3) is 0 Å². The van der Waals surface area contributed by atoms with E-state index in [4.69, 9.17) is 0 Å². The van der Waals surface area contributed by atoms with E-state index in [1.54, 1.807) is 5.38 Å². The van der Waals surface area contributed by atoms with E-state index in [0.29, 0.717) is 10.8 Å². The van der Waals surface area contributed by atoms with Crippen LogP contribution < -0.4 is 10.6 Å². The fourth-order valence-corrected chi connectivity index (χ4v) is 2.72.